The summed E-state index contributed by atoms with van der Waals surface area (Å²) >= 11 is 0. The topological polar surface area (TPSA) is 157 Å². The Kier molecular flexibility index (Phi) is 7.16. The number of aromatic nitrogens is 2. The first-order valence-electron chi connectivity index (χ1n) is 14.9. The lowest BCUT2D eigenvalue weighted by molar-refractivity contribution is -0.172. The third kappa shape index (κ3) is 4.58. The summed E-state index contributed by atoms with van der Waals surface area (Å²) in [5.41, 5.74) is 7.00. The van der Waals surface area contributed by atoms with E-state index in [9.17, 15) is 27.5 Å². The van der Waals surface area contributed by atoms with Gasteiger partial charge in [0.05, 0.1) is 41.0 Å². The molecule has 12 nitrogen and oxygen atoms in total. The van der Waals surface area contributed by atoms with E-state index in [4.69, 9.17) is 20.2 Å². The zero-order chi connectivity index (χ0) is 32.5. The molecule has 0 amide bonds. The van der Waals surface area contributed by atoms with Gasteiger partial charge >= 0.3 is 5.97 Å². The van der Waals surface area contributed by atoms with E-state index in [-0.39, 0.29) is 54.4 Å². The minimum atomic E-state index is -3.71. The molecule has 5 heterocycles. The lowest BCUT2D eigenvalue weighted by Gasteiger charge is -2.34. The number of nitrogens with zero attached hydrogens (tertiary/aromatic N) is 4. The Morgan fingerprint density at radius 2 is 1.80 bits per heavy atom. The number of halogens is 1. The maximum atomic E-state index is 15.0. The van der Waals surface area contributed by atoms with Gasteiger partial charge in [-0.2, -0.15) is 4.31 Å². The maximum Gasteiger partial charge on any atom is 0.343 e. The summed E-state index contributed by atoms with van der Waals surface area (Å²) < 4.78 is 55.0. The van der Waals surface area contributed by atoms with Crippen molar-refractivity contribution in [1.82, 2.24) is 18.8 Å². The zero-order valence-corrected chi connectivity index (χ0v) is 26.1. The highest BCUT2D eigenvalue weighted by molar-refractivity contribution is 7.89. The van der Waals surface area contributed by atoms with Gasteiger partial charge in [0, 0.05) is 61.0 Å². The summed E-state index contributed by atoms with van der Waals surface area (Å²) in [6.45, 7) is 3.28. The molecule has 0 aliphatic carbocycles. The first-order chi connectivity index (χ1) is 22.0. The molecule has 0 spiro atoms. The molecule has 1 fully saturated rings. The van der Waals surface area contributed by atoms with Gasteiger partial charge in [-0.15, -0.1) is 0 Å². The van der Waals surface area contributed by atoms with Gasteiger partial charge in [0.15, 0.2) is 17.2 Å². The van der Waals surface area contributed by atoms with Crippen LogP contribution in [0.3, 0.4) is 0 Å². The van der Waals surface area contributed by atoms with Crippen LogP contribution in [-0.2, 0) is 44.9 Å². The van der Waals surface area contributed by atoms with E-state index in [1.54, 1.807) is 35.8 Å². The molecule has 2 aromatic heterocycles. The van der Waals surface area contributed by atoms with Crippen LogP contribution in [0.1, 0.15) is 35.6 Å². The van der Waals surface area contributed by atoms with Crippen molar-refractivity contribution >= 4 is 32.6 Å². The number of anilines is 1. The number of hydrogen-bond donors (Lipinski definition) is 2. The quantitative estimate of drug-likeness (QED) is 0.207. The molecule has 3 N–H and O–H groups in total. The number of hydrogen-bond acceptors (Lipinski definition) is 10. The van der Waals surface area contributed by atoms with E-state index < -0.39 is 33.0 Å². The van der Waals surface area contributed by atoms with E-state index in [0.29, 0.717) is 47.6 Å². The summed E-state index contributed by atoms with van der Waals surface area (Å²) in [5, 5.41) is 11.9. The third-order valence-electron chi connectivity index (χ3n) is 9.31. The Hall–Kier alpha value is -4.37. The molecule has 1 atom stereocenters. The number of sulfonamides is 1. The third-order valence-corrected chi connectivity index (χ3v) is 11.2. The largest absolute Gasteiger partial charge is 0.494 e. The smallest absolute Gasteiger partial charge is 0.343 e. The van der Waals surface area contributed by atoms with Crippen LogP contribution < -0.4 is 16.0 Å². The molecule has 46 heavy (non-hydrogen) atoms. The number of carbonyl (C=O) groups is 1. The molecule has 240 valence electrons. The maximum absolute atomic E-state index is 15.0. The number of nitrogens with two attached hydrogens (primary N) is 1. The van der Waals surface area contributed by atoms with Crippen LogP contribution in [0, 0.1) is 5.82 Å². The van der Waals surface area contributed by atoms with Gasteiger partial charge in [0.1, 0.15) is 6.61 Å². The SMILES string of the molecule is CC[C@@]1(O)C(=O)OCc2c1cc1n(c2=O)Cc2c-1nc1cc(F)c(OC)cc1c2CN1CCN(S(=O)(=O)c2ccc(N)cc2)CC1. The number of cyclic esters (lactones) is 1. The van der Waals surface area contributed by atoms with E-state index >= 15 is 0 Å². The average Bonchev–Trinajstić information content (AvgIpc) is 3.42. The van der Waals surface area contributed by atoms with Crippen LogP contribution in [-0.4, -0.2) is 71.5 Å². The van der Waals surface area contributed by atoms with Crippen LogP contribution in [0.4, 0.5) is 10.1 Å². The van der Waals surface area contributed by atoms with Gasteiger partial charge < -0.3 is 24.9 Å². The van der Waals surface area contributed by atoms with E-state index in [0.717, 1.165) is 11.1 Å². The van der Waals surface area contributed by atoms with Gasteiger partial charge in [0.2, 0.25) is 10.0 Å². The monoisotopic (exact) mass is 649 g/mol. The molecule has 2 aromatic carbocycles. The number of pyridine rings is 2. The molecular formula is C32H32FN5O7S. The predicted octanol–water partition coefficient (Wildman–Crippen LogP) is 2.32. The fourth-order valence-corrected chi connectivity index (χ4v) is 8.06. The number of carbonyl (C=O) groups excluding carboxylic acids is 1. The second-order valence-electron chi connectivity index (χ2n) is 11.8. The summed E-state index contributed by atoms with van der Waals surface area (Å²) in [7, 11) is -2.33. The molecule has 1 saturated heterocycles. The van der Waals surface area contributed by atoms with E-state index in [2.05, 4.69) is 4.90 Å². The number of benzene rings is 2. The Morgan fingerprint density at radius 1 is 1.09 bits per heavy atom. The van der Waals surface area contributed by atoms with Crippen molar-refractivity contribution in [3.8, 4) is 17.1 Å². The average molecular weight is 650 g/mol. The van der Waals surface area contributed by atoms with E-state index in [1.165, 1.54) is 29.6 Å². The predicted molar refractivity (Wildman–Crippen MR) is 166 cm³/mol. The second-order valence-corrected chi connectivity index (χ2v) is 13.7. The molecule has 0 radical (unpaired) electrons. The number of rotatable bonds is 6. The Bertz CT molecular complexity index is 2090. The number of aliphatic hydroxyl groups is 1. The van der Waals surface area contributed by atoms with Crippen LogP contribution >= 0.6 is 0 Å². The van der Waals surface area contributed by atoms with Gasteiger partial charge in [0.25, 0.3) is 5.56 Å². The highest BCUT2D eigenvalue weighted by Gasteiger charge is 2.45. The number of methoxy groups -OCH3 is 1. The second kappa shape index (κ2) is 10.9. The molecular weight excluding hydrogens is 617 g/mol. The van der Waals surface area contributed by atoms with Crippen LogP contribution in [0.5, 0.6) is 5.75 Å². The first kappa shape index (κ1) is 30.3. The fraction of sp³-hybridized carbons (Fsp3) is 0.344. The van der Waals surface area contributed by atoms with Crippen molar-refractivity contribution in [3.63, 3.8) is 0 Å². The standard InChI is InChI=1S/C32H32FN5O7S/c1-3-32(41)24-13-27-29-22(16-38(27)30(39)23(24)17-45-31(32)40)21(20-12-28(44-2)25(33)14-26(20)35-29)15-36-8-10-37(11-9-36)46(42,43)19-6-4-18(34)5-7-19/h4-7,12-14,41H,3,8-11,15-17,34H2,1-2H3/t32-/m0/s1. The van der Waals surface area contributed by atoms with Crippen molar-refractivity contribution in [2.75, 3.05) is 39.0 Å². The van der Waals surface area contributed by atoms with Gasteiger partial charge in [-0.3, -0.25) is 9.69 Å². The summed E-state index contributed by atoms with van der Waals surface area (Å²) in [6, 6.07) is 10.6. The van der Waals surface area contributed by atoms with Crippen LogP contribution in [0.2, 0.25) is 0 Å². The Morgan fingerprint density at radius 3 is 2.48 bits per heavy atom. The van der Waals surface area contributed by atoms with Crippen molar-refractivity contribution in [1.29, 1.82) is 0 Å². The normalized spacial score (nSPS) is 19.9. The first-order valence-corrected chi connectivity index (χ1v) is 16.3. The van der Waals surface area contributed by atoms with Crippen molar-refractivity contribution < 1.29 is 32.2 Å². The highest BCUT2D eigenvalue weighted by atomic mass is 32.2. The molecule has 0 unspecified atom stereocenters. The molecule has 0 saturated carbocycles. The highest BCUT2D eigenvalue weighted by Crippen LogP contribution is 2.41. The Labute approximate surface area is 263 Å². The van der Waals surface area contributed by atoms with Gasteiger partial charge in [-0.1, -0.05) is 6.92 Å². The molecule has 4 aromatic rings. The van der Waals surface area contributed by atoms with Crippen LogP contribution in [0.15, 0.2) is 52.2 Å². The molecule has 3 aliphatic rings. The fourth-order valence-electron chi connectivity index (χ4n) is 6.64. The number of piperazine rings is 1. The zero-order valence-electron chi connectivity index (χ0n) is 25.2. The molecule has 7 rings (SSSR count). The summed E-state index contributed by atoms with van der Waals surface area (Å²) in [4.78, 5) is 33.4. The van der Waals surface area contributed by atoms with Crippen molar-refractivity contribution in [2.45, 2.75) is 43.5 Å². The van der Waals surface area contributed by atoms with Gasteiger partial charge in [-0.05, 0) is 48.4 Å². The molecule has 3 aliphatic heterocycles. The minimum Gasteiger partial charge on any atom is -0.494 e. The summed E-state index contributed by atoms with van der Waals surface area (Å²) in [6.07, 6.45) is 0.00994. The van der Waals surface area contributed by atoms with Crippen molar-refractivity contribution in [2.24, 2.45) is 0 Å². The number of nitrogen functional groups attached to an aromatic ring is 1. The van der Waals surface area contributed by atoms with E-state index in [1.807, 2.05) is 0 Å². The Balaban J connectivity index is 1.28. The lowest BCUT2D eigenvalue weighted by atomic mass is 9.86. The number of esters is 1. The van der Waals surface area contributed by atoms with Gasteiger partial charge in [-0.25, -0.2) is 22.6 Å². The minimum absolute atomic E-state index is 0.00994. The van der Waals surface area contributed by atoms with Crippen LogP contribution in [0.25, 0.3) is 22.3 Å². The molecule has 14 heteroatoms. The molecule has 0 bridgehead atoms. The van der Waals surface area contributed by atoms with Crippen molar-refractivity contribution in [3.05, 3.63) is 80.9 Å². The summed E-state index contributed by atoms with van der Waals surface area (Å²) in [5.74, 6) is -1.37. The number of ether oxygens (including phenoxy) is 2. The lowest BCUT2D eigenvalue weighted by Crippen LogP contribution is -2.48. The number of fused-ring (bicyclic) bond motifs is 5.